The lowest BCUT2D eigenvalue weighted by atomic mass is 10.1. The number of benzene rings is 4. The molecule has 2 heterocycles. The maximum atomic E-state index is 13.6. The number of hydrogen-bond acceptors (Lipinski definition) is 6. The number of carbonyl (C=O) groups excluding carboxylic acids is 3. The first kappa shape index (κ1) is 28.8. The fourth-order valence-corrected chi connectivity index (χ4v) is 5.72. The number of halogens is 3. The van der Waals surface area contributed by atoms with Crippen molar-refractivity contribution < 1.29 is 23.5 Å². The minimum Gasteiger partial charge on any atom is -0.349 e. The average molecular weight is 636 g/mol. The van der Waals surface area contributed by atoms with Crippen molar-refractivity contribution in [1.82, 2.24) is 4.98 Å². The first-order valence-electron chi connectivity index (χ1n) is 13.0. The third kappa shape index (κ3) is 6.52. The highest BCUT2D eigenvalue weighted by Gasteiger charge is 2.52. The van der Waals surface area contributed by atoms with Gasteiger partial charge >= 0.3 is 0 Å². The van der Waals surface area contributed by atoms with Gasteiger partial charge in [0, 0.05) is 16.3 Å². The number of nitrogens with zero attached hydrogens (tertiary/aromatic N) is 2. The summed E-state index contributed by atoms with van der Waals surface area (Å²) in [6.07, 6.45) is -2.08. The van der Waals surface area contributed by atoms with E-state index in [9.17, 15) is 18.8 Å². The van der Waals surface area contributed by atoms with Crippen LogP contribution in [0.15, 0.2) is 91.0 Å². The fourth-order valence-electron chi connectivity index (χ4n) is 4.40. The van der Waals surface area contributed by atoms with Crippen molar-refractivity contribution in [3.63, 3.8) is 0 Å². The number of epoxide rings is 1. The number of hydrogen-bond donors (Lipinski definition) is 2. The first-order chi connectivity index (χ1) is 20.7. The first-order valence-corrected chi connectivity index (χ1v) is 14.6. The molecule has 1 fully saturated rings. The van der Waals surface area contributed by atoms with Crippen LogP contribution in [0.5, 0.6) is 0 Å². The second kappa shape index (κ2) is 12.1. The highest BCUT2D eigenvalue weighted by atomic mass is 35.5. The van der Waals surface area contributed by atoms with Crippen LogP contribution in [0.25, 0.3) is 10.2 Å². The van der Waals surface area contributed by atoms with E-state index in [1.807, 2.05) is 24.3 Å². The number of rotatable bonds is 8. The number of thiazole rings is 1. The predicted molar refractivity (Wildman–Crippen MR) is 165 cm³/mol. The highest BCUT2D eigenvalue weighted by molar-refractivity contribution is 7.22. The van der Waals surface area contributed by atoms with Crippen molar-refractivity contribution >= 4 is 79.0 Å². The van der Waals surface area contributed by atoms with E-state index in [0.29, 0.717) is 32.7 Å². The molecular formula is C31H21Cl2FN4O4S. The van der Waals surface area contributed by atoms with Gasteiger partial charge in [-0.3, -0.25) is 19.7 Å². The Labute approximate surface area is 259 Å². The van der Waals surface area contributed by atoms with Gasteiger partial charge in [-0.2, -0.15) is 0 Å². The Morgan fingerprint density at radius 2 is 1.65 bits per heavy atom. The van der Waals surface area contributed by atoms with Crippen molar-refractivity contribution in [2.24, 2.45) is 0 Å². The second-order valence-corrected chi connectivity index (χ2v) is 11.5. The number of ether oxygens (including phenoxy) is 1. The average Bonchev–Trinajstić information content (AvgIpc) is 3.70. The summed E-state index contributed by atoms with van der Waals surface area (Å²) in [6.45, 7) is 0.0770. The molecule has 2 N–H and O–H groups in total. The van der Waals surface area contributed by atoms with Gasteiger partial charge in [-0.25, -0.2) is 9.37 Å². The lowest BCUT2D eigenvalue weighted by molar-refractivity contribution is -0.120. The van der Waals surface area contributed by atoms with E-state index in [-0.39, 0.29) is 17.5 Å². The molecule has 2 atom stereocenters. The molecule has 1 aromatic heterocycles. The third-order valence-corrected chi connectivity index (χ3v) is 8.16. The van der Waals surface area contributed by atoms with Crippen molar-refractivity contribution in [2.75, 3.05) is 15.5 Å². The van der Waals surface area contributed by atoms with Crippen molar-refractivity contribution in [3.05, 3.63) is 118 Å². The van der Waals surface area contributed by atoms with Gasteiger partial charge in [0.25, 0.3) is 17.7 Å². The van der Waals surface area contributed by atoms with Crippen LogP contribution in [-0.2, 0) is 20.9 Å². The van der Waals surface area contributed by atoms with Crippen LogP contribution in [-0.4, -0.2) is 34.9 Å². The van der Waals surface area contributed by atoms with E-state index in [4.69, 9.17) is 27.9 Å². The summed E-state index contributed by atoms with van der Waals surface area (Å²) in [7, 11) is 0. The van der Waals surface area contributed by atoms with E-state index in [2.05, 4.69) is 15.6 Å². The molecule has 0 saturated carbocycles. The molecule has 12 heteroatoms. The minimum absolute atomic E-state index is 0.0770. The lowest BCUT2D eigenvalue weighted by Gasteiger charge is -2.23. The molecule has 4 aromatic carbocycles. The monoisotopic (exact) mass is 634 g/mol. The van der Waals surface area contributed by atoms with Gasteiger partial charge in [-0.1, -0.05) is 58.8 Å². The molecule has 1 aliphatic rings. The zero-order valence-electron chi connectivity index (χ0n) is 22.1. The van der Waals surface area contributed by atoms with Gasteiger partial charge in [-0.05, 0) is 72.3 Å². The summed E-state index contributed by atoms with van der Waals surface area (Å²) in [5, 5.41) is 6.59. The Morgan fingerprint density at radius 3 is 2.37 bits per heavy atom. The third-order valence-electron chi connectivity index (χ3n) is 6.66. The topological polar surface area (TPSA) is 104 Å². The minimum atomic E-state index is -1.05. The Hall–Kier alpha value is -4.35. The molecule has 43 heavy (non-hydrogen) atoms. The van der Waals surface area contributed by atoms with E-state index in [0.717, 1.165) is 10.2 Å². The van der Waals surface area contributed by atoms with Gasteiger partial charge in [0.05, 0.1) is 27.5 Å². The maximum absolute atomic E-state index is 13.6. The number of carbonyl (C=O) groups is 3. The van der Waals surface area contributed by atoms with E-state index in [1.54, 1.807) is 48.5 Å². The van der Waals surface area contributed by atoms with E-state index >= 15 is 0 Å². The number of nitrogens with one attached hydrogen (secondary N) is 2. The van der Waals surface area contributed by atoms with Gasteiger partial charge in [0.2, 0.25) is 0 Å². The Kier molecular flexibility index (Phi) is 8.09. The quantitative estimate of drug-likeness (QED) is 0.180. The van der Waals surface area contributed by atoms with Crippen molar-refractivity contribution in [3.8, 4) is 0 Å². The van der Waals surface area contributed by atoms with Crippen LogP contribution in [0.3, 0.4) is 0 Å². The standard InChI is InChI=1S/C31H21Cl2FN4O4S/c32-19-9-14-23(22(33)15-19)35-29(40)26-27(42-26)30(41)38(16-17-5-10-20(34)11-6-17)21-12-7-18(8-13-21)28(39)37-31-36-24-3-1-2-4-25(24)43-31/h1-15,26-27H,16H2,(H,35,40)(H,36,37,39). The van der Waals surface area contributed by atoms with Crippen molar-refractivity contribution in [1.29, 1.82) is 0 Å². The van der Waals surface area contributed by atoms with E-state index < -0.39 is 29.8 Å². The Morgan fingerprint density at radius 1 is 0.907 bits per heavy atom. The van der Waals surface area contributed by atoms with Crippen LogP contribution >= 0.6 is 34.5 Å². The SMILES string of the molecule is O=C(Nc1nc2ccccc2s1)c1ccc(N(Cc2ccc(F)cc2)C(=O)C2OC2C(=O)Nc2ccc(Cl)cc2Cl)cc1. The van der Waals surface area contributed by atoms with E-state index in [1.165, 1.54) is 34.4 Å². The summed E-state index contributed by atoms with van der Waals surface area (Å²) < 4.78 is 20.0. The van der Waals surface area contributed by atoms with Gasteiger partial charge in [0.15, 0.2) is 17.3 Å². The number of fused-ring (bicyclic) bond motifs is 1. The van der Waals surface area contributed by atoms with Crippen LogP contribution in [0.1, 0.15) is 15.9 Å². The fraction of sp³-hybridized carbons (Fsp3) is 0.0968. The molecule has 8 nitrogen and oxygen atoms in total. The molecule has 0 bridgehead atoms. The maximum Gasteiger partial charge on any atom is 0.259 e. The van der Waals surface area contributed by atoms with Crippen LogP contribution in [0.2, 0.25) is 10.0 Å². The van der Waals surface area contributed by atoms with Gasteiger partial charge < -0.3 is 15.0 Å². The summed E-state index contributed by atoms with van der Waals surface area (Å²) in [4.78, 5) is 45.2. The molecule has 216 valence electrons. The molecule has 5 aromatic rings. The molecule has 6 rings (SSSR count). The molecular weight excluding hydrogens is 614 g/mol. The van der Waals surface area contributed by atoms with Gasteiger partial charge in [-0.15, -0.1) is 0 Å². The molecule has 0 spiro atoms. The smallest absolute Gasteiger partial charge is 0.259 e. The zero-order valence-corrected chi connectivity index (χ0v) is 24.4. The van der Waals surface area contributed by atoms with Crippen LogP contribution in [0.4, 0.5) is 20.9 Å². The second-order valence-electron chi connectivity index (χ2n) is 9.63. The largest absolute Gasteiger partial charge is 0.349 e. The van der Waals surface area contributed by atoms with Gasteiger partial charge in [0.1, 0.15) is 5.82 Å². The highest BCUT2D eigenvalue weighted by Crippen LogP contribution is 2.32. The summed E-state index contributed by atoms with van der Waals surface area (Å²) in [5.74, 6) is -1.78. The molecule has 0 radical (unpaired) electrons. The Bertz CT molecular complexity index is 1820. The number of amides is 3. The molecule has 3 amide bonds. The normalized spacial score (nSPS) is 15.6. The summed E-state index contributed by atoms with van der Waals surface area (Å²) in [6, 6.07) is 24.3. The summed E-state index contributed by atoms with van der Waals surface area (Å²) in [5.41, 5.74) is 2.60. The summed E-state index contributed by atoms with van der Waals surface area (Å²) >= 11 is 13.4. The molecule has 0 aliphatic carbocycles. The van der Waals surface area contributed by atoms with Crippen molar-refractivity contribution in [2.45, 2.75) is 18.8 Å². The molecule has 1 aliphatic heterocycles. The molecule has 1 saturated heterocycles. The lowest BCUT2D eigenvalue weighted by Crippen LogP contribution is -2.36. The Balaban J connectivity index is 1.18. The molecule has 2 unspecified atom stereocenters. The number of aromatic nitrogens is 1. The zero-order chi connectivity index (χ0) is 30.1. The van der Waals surface area contributed by atoms with Crippen LogP contribution in [0, 0.1) is 5.82 Å². The number of para-hydroxylation sites is 1. The number of anilines is 3. The predicted octanol–water partition coefficient (Wildman–Crippen LogP) is 6.93. The van der Waals surface area contributed by atoms with Crippen LogP contribution < -0.4 is 15.5 Å².